The van der Waals surface area contributed by atoms with E-state index in [0.717, 1.165) is 18.4 Å². The van der Waals surface area contributed by atoms with E-state index in [1.54, 1.807) is 24.3 Å². The average molecular weight is 457 g/mol. The van der Waals surface area contributed by atoms with Gasteiger partial charge in [-0.3, -0.25) is 9.59 Å². The highest BCUT2D eigenvalue weighted by atomic mass is 32.2. The van der Waals surface area contributed by atoms with Crippen LogP contribution in [0.1, 0.15) is 69.3 Å². The summed E-state index contributed by atoms with van der Waals surface area (Å²) in [4.78, 5) is 24.6. The Bertz CT molecular complexity index is 1070. The molecule has 0 bridgehead atoms. The van der Waals surface area contributed by atoms with Gasteiger partial charge >= 0.3 is 0 Å². The number of carbonyl (C=O) groups excluding carboxylic acids is 2. The second-order valence-electron chi connectivity index (χ2n) is 8.76. The van der Waals surface area contributed by atoms with Crippen LogP contribution in [0, 0.1) is 5.41 Å². The first-order valence-corrected chi connectivity index (χ1v) is 12.3. The Hall–Kier alpha value is -2.93. The van der Waals surface area contributed by atoms with Crippen LogP contribution in [0.4, 0.5) is 5.69 Å². The van der Waals surface area contributed by atoms with Crippen LogP contribution in [0.25, 0.3) is 6.08 Å². The molecule has 7 heteroatoms. The molecule has 0 aliphatic heterocycles. The first-order valence-electron chi connectivity index (χ1n) is 10.8. The molecule has 0 heterocycles. The summed E-state index contributed by atoms with van der Waals surface area (Å²) >= 11 is 0. The number of carbonyl (C=O) groups is 2. The van der Waals surface area contributed by atoms with Gasteiger partial charge in [0.2, 0.25) is 5.91 Å². The van der Waals surface area contributed by atoms with Crippen LogP contribution in [0.5, 0.6) is 0 Å². The van der Waals surface area contributed by atoms with Gasteiger partial charge in [-0.1, -0.05) is 77.0 Å². The molecule has 0 atom stereocenters. The van der Waals surface area contributed by atoms with Crippen molar-refractivity contribution in [2.45, 2.75) is 58.3 Å². The zero-order valence-corrected chi connectivity index (χ0v) is 20.0. The Labute approximate surface area is 191 Å². The second-order valence-corrected chi connectivity index (χ2v) is 10.4. The molecule has 6 nitrogen and oxygen atoms in total. The molecule has 0 aliphatic rings. The molecule has 2 aromatic rings. The van der Waals surface area contributed by atoms with E-state index in [2.05, 4.69) is 36.9 Å². The third kappa shape index (κ3) is 7.96. The molecule has 2 N–H and O–H groups in total. The summed E-state index contributed by atoms with van der Waals surface area (Å²) in [5, 5.41) is 2.65. The van der Waals surface area contributed by atoms with E-state index in [1.165, 1.54) is 12.1 Å². The molecular formula is C25H32N2O4S. The van der Waals surface area contributed by atoms with Gasteiger partial charge in [0.1, 0.15) is 4.90 Å². The molecule has 0 radical (unpaired) electrons. The van der Waals surface area contributed by atoms with E-state index in [1.807, 2.05) is 25.1 Å². The highest BCUT2D eigenvalue weighted by molar-refractivity contribution is 7.90. The molecule has 2 rings (SSSR count). The molecule has 2 amide bonds. The number of rotatable bonds is 9. The Kier molecular flexibility index (Phi) is 8.78. The standard InChI is InChI=1S/C25H32N2O4S/c1-5-6-7-12-23(28)27-32(30,31)22-11-9-8-10-21(22)26-24(29)20-15-13-19(14-16-20)17-18-25(2,3)4/h8-11,13-18H,5-7,12H2,1-4H3,(H,26,29)(H,27,28). The maximum absolute atomic E-state index is 12.7. The third-order valence-corrected chi connectivity index (χ3v) is 6.06. The summed E-state index contributed by atoms with van der Waals surface area (Å²) < 4.78 is 27.5. The number of anilines is 1. The molecule has 32 heavy (non-hydrogen) atoms. The molecule has 172 valence electrons. The highest BCUT2D eigenvalue weighted by Crippen LogP contribution is 2.22. The predicted octanol–water partition coefficient (Wildman–Crippen LogP) is 5.38. The number of sulfonamides is 1. The van der Waals surface area contributed by atoms with Crippen molar-refractivity contribution in [3.8, 4) is 0 Å². The Morgan fingerprint density at radius 1 is 0.969 bits per heavy atom. The Balaban J connectivity index is 2.14. The monoisotopic (exact) mass is 456 g/mol. The number of amides is 2. The minimum atomic E-state index is -4.11. The molecule has 0 saturated heterocycles. The van der Waals surface area contributed by atoms with Gasteiger partial charge in [0.25, 0.3) is 15.9 Å². The van der Waals surface area contributed by atoms with E-state index in [4.69, 9.17) is 0 Å². The van der Waals surface area contributed by atoms with Crippen molar-refractivity contribution < 1.29 is 18.0 Å². The summed E-state index contributed by atoms with van der Waals surface area (Å²) in [7, 11) is -4.11. The van der Waals surface area contributed by atoms with Gasteiger partial charge < -0.3 is 5.32 Å². The van der Waals surface area contributed by atoms with Crippen LogP contribution in [0.3, 0.4) is 0 Å². The summed E-state index contributed by atoms with van der Waals surface area (Å²) in [6.45, 7) is 8.31. The minimum Gasteiger partial charge on any atom is -0.321 e. The van der Waals surface area contributed by atoms with E-state index in [0.29, 0.717) is 12.0 Å². The fourth-order valence-electron chi connectivity index (χ4n) is 2.88. The second kappa shape index (κ2) is 11.1. The zero-order valence-electron chi connectivity index (χ0n) is 19.1. The quantitative estimate of drug-likeness (QED) is 0.495. The molecule has 0 unspecified atom stereocenters. The smallest absolute Gasteiger partial charge is 0.266 e. The van der Waals surface area contributed by atoms with Crippen LogP contribution < -0.4 is 10.0 Å². The lowest BCUT2D eigenvalue weighted by Crippen LogP contribution is -2.31. The number of allylic oxidation sites excluding steroid dienone is 1. The van der Waals surface area contributed by atoms with Crippen LogP contribution >= 0.6 is 0 Å². The fourth-order valence-corrected chi connectivity index (χ4v) is 4.06. The van der Waals surface area contributed by atoms with E-state index >= 15 is 0 Å². The first-order chi connectivity index (χ1) is 15.0. The summed E-state index contributed by atoms with van der Waals surface area (Å²) in [5.74, 6) is -0.994. The van der Waals surface area contributed by atoms with Crippen LogP contribution in [-0.4, -0.2) is 20.2 Å². The van der Waals surface area contributed by atoms with Crippen molar-refractivity contribution in [1.82, 2.24) is 4.72 Å². The van der Waals surface area contributed by atoms with Gasteiger partial charge in [-0.25, -0.2) is 13.1 Å². The van der Waals surface area contributed by atoms with Crippen molar-refractivity contribution >= 4 is 33.6 Å². The van der Waals surface area contributed by atoms with Crippen molar-refractivity contribution in [3.05, 3.63) is 65.7 Å². The summed E-state index contributed by atoms with van der Waals surface area (Å²) in [6, 6.07) is 13.0. The van der Waals surface area contributed by atoms with E-state index in [9.17, 15) is 18.0 Å². The van der Waals surface area contributed by atoms with Gasteiger partial charge in [-0.05, 0) is 41.7 Å². The van der Waals surface area contributed by atoms with Crippen molar-refractivity contribution in [3.63, 3.8) is 0 Å². The minimum absolute atomic E-state index is 0.0522. The number of hydrogen-bond donors (Lipinski definition) is 2. The lowest BCUT2D eigenvalue weighted by atomic mass is 9.95. The van der Waals surface area contributed by atoms with Gasteiger partial charge in [-0.15, -0.1) is 0 Å². The van der Waals surface area contributed by atoms with E-state index < -0.39 is 21.8 Å². The predicted molar refractivity (Wildman–Crippen MR) is 129 cm³/mol. The molecule has 0 aliphatic carbocycles. The molecular weight excluding hydrogens is 424 g/mol. The molecule has 2 aromatic carbocycles. The topological polar surface area (TPSA) is 92.3 Å². The summed E-state index contributed by atoms with van der Waals surface area (Å²) in [5.41, 5.74) is 1.53. The largest absolute Gasteiger partial charge is 0.321 e. The van der Waals surface area contributed by atoms with Gasteiger partial charge in [-0.2, -0.15) is 0 Å². The van der Waals surface area contributed by atoms with Gasteiger partial charge in [0.15, 0.2) is 0 Å². The van der Waals surface area contributed by atoms with Crippen molar-refractivity contribution in [2.24, 2.45) is 5.41 Å². The van der Waals surface area contributed by atoms with Crippen molar-refractivity contribution in [1.29, 1.82) is 0 Å². The normalized spacial score (nSPS) is 12.0. The maximum atomic E-state index is 12.7. The zero-order chi connectivity index (χ0) is 23.8. The lowest BCUT2D eigenvalue weighted by Gasteiger charge is -2.13. The van der Waals surface area contributed by atoms with Gasteiger partial charge in [0, 0.05) is 12.0 Å². The third-order valence-electron chi connectivity index (χ3n) is 4.63. The number of para-hydroxylation sites is 1. The van der Waals surface area contributed by atoms with Crippen molar-refractivity contribution in [2.75, 3.05) is 5.32 Å². The Morgan fingerprint density at radius 2 is 1.62 bits per heavy atom. The van der Waals surface area contributed by atoms with E-state index in [-0.39, 0.29) is 22.4 Å². The lowest BCUT2D eigenvalue weighted by molar-refractivity contribution is -0.119. The molecule has 0 fully saturated rings. The Morgan fingerprint density at radius 3 is 2.25 bits per heavy atom. The average Bonchev–Trinajstić information content (AvgIpc) is 2.72. The number of unbranched alkanes of at least 4 members (excludes halogenated alkanes) is 2. The SMILES string of the molecule is CCCCCC(=O)NS(=O)(=O)c1ccccc1NC(=O)c1ccc(C=CC(C)(C)C)cc1. The number of hydrogen-bond acceptors (Lipinski definition) is 4. The van der Waals surface area contributed by atoms with Crippen LogP contribution in [0.2, 0.25) is 0 Å². The van der Waals surface area contributed by atoms with Gasteiger partial charge in [0.05, 0.1) is 5.69 Å². The highest BCUT2D eigenvalue weighted by Gasteiger charge is 2.22. The number of nitrogens with one attached hydrogen (secondary N) is 2. The first kappa shape index (κ1) is 25.3. The fraction of sp³-hybridized carbons (Fsp3) is 0.360. The summed E-state index contributed by atoms with van der Waals surface area (Å²) in [6.07, 6.45) is 6.62. The number of benzene rings is 2. The molecule has 0 spiro atoms. The maximum Gasteiger partial charge on any atom is 0.266 e. The van der Waals surface area contributed by atoms with Crippen LogP contribution in [-0.2, 0) is 14.8 Å². The molecule has 0 aromatic heterocycles. The molecule has 0 saturated carbocycles. The van der Waals surface area contributed by atoms with Crippen LogP contribution in [0.15, 0.2) is 59.5 Å².